The molecule has 3 aromatic carbocycles. The van der Waals surface area contributed by atoms with Crippen LogP contribution < -0.4 is 21.2 Å². The minimum atomic E-state index is -2.37. The molecular weight excluding hydrogens is 479 g/mol. The van der Waals surface area contributed by atoms with Crippen molar-refractivity contribution in [3.05, 3.63) is 91.0 Å². The van der Waals surface area contributed by atoms with Crippen LogP contribution in [0, 0.1) is 5.92 Å². The summed E-state index contributed by atoms with van der Waals surface area (Å²) in [5, 5.41) is 7.28. The number of hydrogen-bond acceptors (Lipinski definition) is 3. The summed E-state index contributed by atoms with van der Waals surface area (Å²) >= 11 is 0. The second kappa shape index (κ2) is 11.9. The van der Waals surface area contributed by atoms with Crippen LogP contribution in [0.1, 0.15) is 33.6 Å². The van der Waals surface area contributed by atoms with Gasteiger partial charge in [0.1, 0.15) is 0 Å². The predicted molar refractivity (Wildman–Crippen MR) is 155 cm³/mol. The zero-order valence-corrected chi connectivity index (χ0v) is 23.2. The maximum atomic E-state index is 13.2. The number of benzene rings is 3. The fourth-order valence-electron chi connectivity index (χ4n) is 5.27. The van der Waals surface area contributed by atoms with E-state index >= 15 is 0 Å². The zero-order chi connectivity index (χ0) is 26.3. The van der Waals surface area contributed by atoms with E-state index in [2.05, 4.69) is 96.3 Å². The molecule has 0 aromatic heterocycles. The fraction of sp³-hybridized carbons (Fsp3) is 0.355. The van der Waals surface area contributed by atoms with Crippen LogP contribution in [0.5, 0.6) is 0 Å². The summed E-state index contributed by atoms with van der Waals surface area (Å²) in [6, 6.07) is 32.3. The Balaban J connectivity index is 1.47. The molecule has 3 aromatic rings. The molecule has 6 heteroatoms. The van der Waals surface area contributed by atoms with Crippen molar-refractivity contribution in [2.45, 2.75) is 39.2 Å². The second-order valence-electron chi connectivity index (χ2n) is 10.8. The first-order valence-corrected chi connectivity index (χ1v) is 15.4. The van der Waals surface area contributed by atoms with Crippen LogP contribution in [-0.4, -0.2) is 48.3 Å². The molecule has 37 heavy (non-hydrogen) atoms. The van der Waals surface area contributed by atoms with E-state index in [0.717, 1.165) is 6.16 Å². The van der Waals surface area contributed by atoms with Gasteiger partial charge in [-0.2, -0.15) is 0 Å². The van der Waals surface area contributed by atoms with E-state index < -0.39 is 12.9 Å². The van der Waals surface area contributed by atoms with E-state index in [1.807, 2.05) is 20.8 Å². The minimum absolute atomic E-state index is 0.0834. The second-order valence-corrected chi connectivity index (χ2v) is 14.8. The monoisotopic (exact) mass is 518 g/mol. The van der Waals surface area contributed by atoms with Crippen molar-refractivity contribution in [2.24, 2.45) is 5.92 Å². The van der Waals surface area contributed by atoms with Gasteiger partial charge < -0.3 is 0 Å². The van der Waals surface area contributed by atoms with Crippen molar-refractivity contribution in [1.29, 1.82) is 0 Å². The molecule has 196 valence electrons. The number of amides is 2. The number of nitrogens with zero attached hydrogens (tertiary/aromatic N) is 1. The number of carbonyl (C=O) groups excluding carboxylic acids is 2. The van der Waals surface area contributed by atoms with Gasteiger partial charge in [0.2, 0.25) is 0 Å². The van der Waals surface area contributed by atoms with Crippen LogP contribution in [0.15, 0.2) is 91.0 Å². The van der Waals surface area contributed by atoms with Crippen molar-refractivity contribution in [2.75, 3.05) is 25.8 Å². The molecule has 1 aliphatic rings. The standard InChI is InChI=1S/C31H39N2O3P/c1-31(2,3)36-30(35)33-22-19-25(20-23-33)29(34)32-21-24-37(26-13-7-4-8-14-26,27-15-9-5-10-16-27)28-17-11-6-12-18-28/h4-18,25,37H,19-24H2,1-3H3,(H,32,34). The number of rotatable bonds is 7. The molecular formula is C31H39N2O3P. The average molecular weight is 519 g/mol. The molecule has 1 heterocycles. The Labute approximate surface area is 221 Å². The van der Waals surface area contributed by atoms with Gasteiger partial charge in [0.25, 0.3) is 0 Å². The van der Waals surface area contributed by atoms with E-state index in [1.54, 1.807) is 4.90 Å². The van der Waals surface area contributed by atoms with Crippen molar-refractivity contribution >= 4 is 35.2 Å². The average Bonchev–Trinajstić information content (AvgIpc) is 2.92. The molecule has 1 N–H and O–H groups in total. The molecule has 1 saturated heterocycles. The summed E-state index contributed by atoms with van der Waals surface area (Å²) in [6.45, 7) is 7.31. The molecule has 2 amide bonds. The summed E-state index contributed by atoms with van der Waals surface area (Å²) in [4.78, 5) is 27.3. The normalized spacial score (nSPS) is 15.2. The molecule has 0 saturated carbocycles. The van der Waals surface area contributed by atoms with Crippen molar-refractivity contribution in [1.82, 2.24) is 10.2 Å². The topological polar surface area (TPSA) is 58.6 Å². The molecule has 0 radical (unpaired) electrons. The summed E-state index contributed by atoms with van der Waals surface area (Å²) in [6.07, 6.45) is 1.89. The SMILES string of the molecule is CC(C)(C)OC(=O)N1CCC(C(=O)NCC[PH](c2ccccc2)(c2ccccc2)c2ccccc2)CC1. The van der Waals surface area contributed by atoms with Gasteiger partial charge >= 0.3 is 222 Å². The van der Waals surface area contributed by atoms with E-state index in [0.29, 0.717) is 32.5 Å². The summed E-state index contributed by atoms with van der Waals surface area (Å²) < 4.78 is 5.49. The van der Waals surface area contributed by atoms with Gasteiger partial charge in [-0.15, -0.1) is 0 Å². The Morgan fingerprint density at radius 3 is 1.65 bits per heavy atom. The Bertz CT molecular complexity index is 1060. The first kappa shape index (κ1) is 26.9. The van der Waals surface area contributed by atoms with Crippen molar-refractivity contribution < 1.29 is 14.3 Å². The molecule has 0 unspecified atom stereocenters. The molecule has 0 bridgehead atoms. The van der Waals surface area contributed by atoms with Crippen LogP contribution in [0.2, 0.25) is 0 Å². The van der Waals surface area contributed by atoms with Gasteiger partial charge in [-0.1, -0.05) is 0 Å². The van der Waals surface area contributed by atoms with Gasteiger partial charge in [-0.05, 0) is 0 Å². The maximum absolute atomic E-state index is 13.2. The zero-order valence-electron chi connectivity index (χ0n) is 22.2. The van der Waals surface area contributed by atoms with Gasteiger partial charge in [-0.3, -0.25) is 0 Å². The number of ether oxygens (including phenoxy) is 1. The number of nitrogens with one attached hydrogen (secondary N) is 1. The molecule has 4 rings (SSSR count). The third-order valence-electron chi connectivity index (χ3n) is 7.12. The first-order chi connectivity index (χ1) is 17.8. The van der Waals surface area contributed by atoms with Gasteiger partial charge in [0.05, 0.1) is 0 Å². The molecule has 1 aliphatic heterocycles. The van der Waals surface area contributed by atoms with Crippen LogP contribution in [0.25, 0.3) is 0 Å². The number of carbonyl (C=O) groups is 2. The van der Waals surface area contributed by atoms with E-state index in [9.17, 15) is 9.59 Å². The summed E-state index contributed by atoms with van der Waals surface area (Å²) in [5.41, 5.74) is -0.516. The van der Waals surface area contributed by atoms with Crippen molar-refractivity contribution in [3.8, 4) is 0 Å². The third-order valence-corrected chi connectivity index (χ3v) is 12.1. The molecule has 5 nitrogen and oxygen atoms in total. The van der Waals surface area contributed by atoms with Crippen molar-refractivity contribution in [3.63, 3.8) is 0 Å². The third kappa shape index (κ3) is 6.59. The van der Waals surface area contributed by atoms with Crippen LogP contribution in [0.3, 0.4) is 0 Å². The molecule has 0 spiro atoms. The summed E-state index contributed by atoms with van der Waals surface area (Å²) in [5.74, 6) is 0.000790. The number of hydrogen-bond donors (Lipinski definition) is 1. The Kier molecular flexibility index (Phi) is 8.66. The Morgan fingerprint density at radius 1 is 0.811 bits per heavy atom. The van der Waals surface area contributed by atoms with Crippen LogP contribution >= 0.6 is 7.26 Å². The quantitative estimate of drug-likeness (QED) is 0.470. The van der Waals surface area contributed by atoms with Crippen LogP contribution in [0.4, 0.5) is 4.79 Å². The fourth-order valence-corrected chi connectivity index (χ4v) is 9.92. The molecule has 0 atom stereocenters. The van der Waals surface area contributed by atoms with E-state index in [-0.39, 0.29) is 17.9 Å². The molecule has 1 fully saturated rings. The van der Waals surface area contributed by atoms with Gasteiger partial charge in [0.15, 0.2) is 0 Å². The summed E-state index contributed by atoms with van der Waals surface area (Å²) in [7, 11) is -2.37. The van der Waals surface area contributed by atoms with E-state index in [1.165, 1.54) is 15.9 Å². The number of piperidine rings is 1. The van der Waals surface area contributed by atoms with Gasteiger partial charge in [0, 0.05) is 0 Å². The first-order valence-electron chi connectivity index (χ1n) is 13.2. The number of likely N-dealkylation sites (tertiary alicyclic amines) is 1. The van der Waals surface area contributed by atoms with Gasteiger partial charge in [-0.25, -0.2) is 0 Å². The molecule has 0 aliphatic carbocycles. The van der Waals surface area contributed by atoms with E-state index in [4.69, 9.17) is 4.74 Å². The Morgan fingerprint density at radius 2 is 1.24 bits per heavy atom. The predicted octanol–water partition coefficient (Wildman–Crippen LogP) is 4.48. The van der Waals surface area contributed by atoms with Crippen LogP contribution in [-0.2, 0) is 9.53 Å². The Hall–Kier alpha value is -3.17.